The van der Waals surface area contributed by atoms with E-state index in [0.29, 0.717) is 19.6 Å². The number of benzene rings is 1. The molecule has 5 rings (SSSR count). The third-order valence-electron chi connectivity index (χ3n) is 6.94. The molecular weight excluding hydrogens is 456 g/mol. The van der Waals surface area contributed by atoms with Gasteiger partial charge in [-0.2, -0.15) is 0 Å². The number of ether oxygens (including phenoxy) is 1. The van der Waals surface area contributed by atoms with Crippen LogP contribution in [0.2, 0.25) is 0 Å². The van der Waals surface area contributed by atoms with Crippen molar-refractivity contribution >= 4 is 10.9 Å². The van der Waals surface area contributed by atoms with Crippen molar-refractivity contribution in [2.45, 2.75) is 65.8 Å². The van der Waals surface area contributed by atoms with E-state index in [2.05, 4.69) is 58.3 Å². The molecular formula is C27H34N6O3. The van der Waals surface area contributed by atoms with E-state index in [0.717, 1.165) is 53.1 Å². The number of aryl methyl sites for hydroxylation is 2. The Balaban J connectivity index is 1.53. The lowest BCUT2D eigenvalue weighted by Gasteiger charge is -2.35. The predicted octanol–water partition coefficient (Wildman–Crippen LogP) is 4.15. The third-order valence-corrected chi connectivity index (χ3v) is 6.94. The summed E-state index contributed by atoms with van der Waals surface area (Å²) < 4.78 is 13.4. The number of rotatable bonds is 9. The molecule has 36 heavy (non-hydrogen) atoms. The Bertz CT molecular complexity index is 1370. The second kappa shape index (κ2) is 10.4. The summed E-state index contributed by atoms with van der Waals surface area (Å²) in [5.41, 5.74) is 3.79. The molecule has 1 N–H and O–H groups in total. The number of tetrazole rings is 1. The maximum atomic E-state index is 13.2. The summed E-state index contributed by atoms with van der Waals surface area (Å²) >= 11 is 0. The lowest BCUT2D eigenvalue weighted by Crippen LogP contribution is -2.40. The van der Waals surface area contributed by atoms with E-state index in [1.54, 1.807) is 10.9 Å². The Morgan fingerprint density at radius 3 is 2.83 bits per heavy atom. The minimum atomic E-state index is -0.117. The van der Waals surface area contributed by atoms with Crippen LogP contribution < -0.4 is 5.56 Å². The van der Waals surface area contributed by atoms with E-state index in [4.69, 9.17) is 9.15 Å². The SMILES string of the molecule is Cc1cc(C)c2[nH]c(=O)c(CN(CC3CCCO3)C(c3nnnn3Cc3ccco3)C(C)C)cc2c1. The third kappa shape index (κ3) is 5.12. The van der Waals surface area contributed by atoms with Crippen LogP contribution in [-0.2, 0) is 17.8 Å². The predicted molar refractivity (Wildman–Crippen MR) is 137 cm³/mol. The van der Waals surface area contributed by atoms with Gasteiger partial charge in [0.25, 0.3) is 5.56 Å². The first kappa shape index (κ1) is 24.4. The van der Waals surface area contributed by atoms with Crippen molar-refractivity contribution < 1.29 is 9.15 Å². The minimum Gasteiger partial charge on any atom is -0.467 e. The molecule has 4 heterocycles. The van der Waals surface area contributed by atoms with Gasteiger partial charge in [0.15, 0.2) is 5.82 Å². The average Bonchev–Trinajstić information content (AvgIpc) is 3.60. The van der Waals surface area contributed by atoms with Gasteiger partial charge in [0.2, 0.25) is 0 Å². The number of H-pyrrole nitrogens is 1. The van der Waals surface area contributed by atoms with Crippen LogP contribution in [-0.4, -0.2) is 49.3 Å². The largest absolute Gasteiger partial charge is 0.467 e. The van der Waals surface area contributed by atoms with Crippen molar-refractivity contribution in [3.05, 3.63) is 75.2 Å². The van der Waals surface area contributed by atoms with Gasteiger partial charge in [-0.25, -0.2) is 4.68 Å². The second-order valence-corrected chi connectivity index (χ2v) is 10.2. The Kier molecular flexibility index (Phi) is 7.02. The molecule has 1 fully saturated rings. The highest BCUT2D eigenvalue weighted by molar-refractivity contribution is 5.82. The summed E-state index contributed by atoms with van der Waals surface area (Å²) in [7, 11) is 0. The molecule has 2 atom stereocenters. The fourth-order valence-corrected chi connectivity index (χ4v) is 5.36. The number of hydrogen-bond acceptors (Lipinski definition) is 7. The molecule has 1 saturated heterocycles. The zero-order valence-electron chi connectivity index (χ0n) is 21.4. The van der Waals surface area contributed by atoms with E-state index in [1.807, 2.05) is 25.1 Å². The molecule has 1 aromatic carbocycles. The standard InChI is InChI=1S/C27H34N6O3/c1-17(2)25(26-29-30-31-33(26)16-23-8-6-10-36-23)32(15-22-7-5-9-35-22)14-21-13-20-12-18(3)11-19(4)24(20)28-27(21)34/h6,8,10-13,17,22,25H,5,7,9,14-16H2,1-4H3,(H,28,34). The molecule has 0 spiro atoms. The highest BCUT2D eigenvalue weighted by atomic mass is 16.5. The summed E-state index contributed by atoms with van der Waals surface area (Å²) in [4.78, 5) is 18.7. The van der Waals surface area contributed by atoms with Crippen LogP contribution in [0.4, 0.5) is 0 Å². The number of aromatic amines is 1. The van der Waals surface area contributed by atoms with Gasteiger partial charge in [-0.05, 0) is 78.2 Å². The summed E-state index contributed by atoms with van der Waals surface area (Å²) in [6.07, 6.45) is 3.82. The van der Waals surface area contributed by atoms with Gasteiger partial charge < -0.3 is 14.1 Å². The van der Waals surface area contributed by atoms with Crippen molar-refractivity contribution in [1.82, 2.24) is 30.1 Å². The first-order valence-corrected chi connectivity index (χ1v) is 12.7. The van der Waals surface area contributed by atoms with Crippen molar-refractivity contribution in [3.8, 4) is 0 Å². The molecule has 0 radical (unpaired) electrons. The number of nitrogens with zero attached hydrogens (tertiary/aromatic N) is 5. The van der Waals surface area contributed by atoms with Gasteiger partial charge in [0.05, 0.1) is 23.9 Å². The van der Waals surface area contributed by atoms with Crippen LogP contribution in [0.3, 0.4) is 0 Å². The van der Waals surface area contributed by atoms with Gasteiger partial charge >= 0.3 is 0 Å². The zero-order chi connectivity index (χ0) is 25.2. The summed E-state index contributed by atoms with van der Waals surface area (Å²) in [5, 5.41) is 13.8. The number of nitrogens with one attached hydrogen (secondary N) is 1. The monoisotopic (exact) mass is 490 g/mol. The molecule has 1 aliphatic rings. The normalized spacial score (nSPS) is 17.0. The molecule has 0 aliphatic carbocycles. The molecule has 2 unspecified atom stereocenters. The minimum absolute atomic E-state index is 0.0653. The average molecular weight is 491 g/mol. The van der Waals surface area contributed by atoms with E-state index in [-0.39, 0.29) is 23.6 Å². The van der Waals surface area contributed by atoms with E-state index < -0.39 is 0 Å². The van der Waals surface area contributed by atoms with Crippen LogP contribution in [0.15, 0.2) is 45.8 Å². The van der Waals surface area contributed by atoms with Crippen molar-refractivity contribution in [2.24, 2.45) is 5.92 Å². The lowest BCUT2D eigenvalue weighted by molar-refractivity contribution is 0.0384. The number of fused-ring (bicyclic) bond motifs is 1. The second-order valence-electron chi connectivity index (χ2n) is 10.2. The fraction of sp³-hybridized carbons (Fsp3) is 0.481. The van der Waals surface area contributed by atoms with Gasteiger partial charge in [-0.1, -0.05) is 25.5 Å². The van der Waals surface area contributed by atoms with Crippen LogP contribution in [0, 0.1) is 19.8 Å². The number of hydrogen-bond donors (Lipinski definition) is 1. The molecule has 9 nitrogen and oxygen atoms in total. The maximum absolute atomic E-state index is 13.2. The molecule has 1 aliphatic heterocycles. The Labute approximate surface area is 210 Å². The Morgan fingerprint density at radius 2 is 2.11 bits per heavy atom. The van der Waals surface area contributed by atoms with Crippen LogP contribution in [0.5, 0.6) is 0 Å². The van der Waals surface area contributed by atoms with Crippen molar-refractivity contribution in [2.75, 3.05) is 13.2 Å². The lowest BCUT2D eigenvalue weighted by atomic mass is 9.99. The quantitative estimate of drug-likeness (QED) is 0.376. The highest BCUT2D eigenvalue weighted by Crippen LogP contribution is 2.31. The molecule has 190 valence electrons. The van der Waals surface area contributed by atoms with Crippen LogP contribution in [0.1, 0.15) is 61.0 Å². The summed E-state index contributed by atoms with van der Waals surface area (Å²) in [6.45, 7) is 10.8. The van der Waals surface area contributed by atoms with E-state index >= 15 is 0 Å². The zero-order valence-corrected chi connectivity index (χ0v) is 21.4. The van der Waals surface area contributed by atoms with E-state index in [1.165, 1.54) is 5.56 Å². The van der Waals surface area contributed by atoms with Crippen molar-refractivity contribution in [3.63, 3.8) is 0 Å². The first-order chi connectivity index (χ1) is 17.4. The highest BCUT2D eigenvalue weighted by Gasteiger charge is 2.32. The number of pyridine rings is 1. The topological polar surface area (TPSA) is 102 Å². The molecule has 0 saturated carbocycles. The van der Waals surface area contributed by atoms with Gasteiger partial charge in [-0.15, -0.1) is 5.10 Å². The first-order valence-electron chi connectivity index (χ1n) is 12.7. The molecule has 0 amide bonds. The number of aromatic nitrogens is 5. The fourth-order valence-electron chi connectivity index (χ4n) is 5.36. The van der Waals surface area contributed by atoms with Gasteiger partial charge in [0, 0.05) is 25.3 Å². The van der Waals surface area contributed by atoms with Crippen molar-refractivity contribution in [1.29, 1.82) is 0 Å². The van der Waals surface area contributed by atoms with Crippen LogP contribution >= 0.6 is 0 Å². The Morgan fingerprint density at radius 1 is 1.25 bits per heavy atom. The smallest absolute Gasteiger partial charge is 0.252 e. The van der Waals surface area contributed by atoms with Gasteiger partial charge in [-0.3, -0.25) is 9.69 Å². The Hall–Kier alpha value is -3.30. The van der Waals surface area contributed by atoms with Gasteiger partial charge in [0.1, 0.15) is 12.3 Å². The van der Waals surface area contributed by atoms with Crippen LogP contribution in [0.25, 0.3) is 10.9 Å². The summed E-state index contributed by atoms with van der Waals surface area (Å²) in [6, 6.07) is 9.90. The van der Waals surface area contributed by atoms with E-state index in [9.17, 15) is 4.79 Å². The molecule has 4 aromatic rings. The number of furan rings is 1. The molecule has 9 heteroatoms. The summed E-state index contributed by atoms with van der Waals surface area (Å²) in [5.74, 6) is 1.73. The maximum Gasteiger partial charge on any atom is 0.252 e. The molecule has 0 bridgehead atoms. The molecule has 3 aromatic heterocycles.